The zero-order valence-electron chi connectivity index (χ0n) is 17.0. The van der Waals surface area contributed by atoms with Crippen molar-refractivity contribution in [3.05, 3.63) is 35.4 Å². The number of hydrogen-bond acceptors (Lipinski definition) is 2. The molecule has 0 radical (unpaired) electrons. The molecule has 0 spiro atoms. The molecule has 4 nitrogen and oxygen atoms in total. The molecular weight excluding hydrogens is 336 g/mol. The van der Waals surface area contributed by atoms with Crippen molar-refractivity contribution in [2.45, 2.75) is 64.8 Å². The van der Waals surface area contributed by atoms with Crippen LogP contribution in [0, 0.1) is 11.8 Å². The summed E-state index contributed by atoms with van der Waals surface area (Å²) in [6.07, 6.45) is 8.60. The highest BCUT2D eigenvalue weighted by Crippen LogP contribution is 2.27. The quantitative estimate of drug-likeness (QED) is 0.759. The number of rotatable bonds is 6. The molecule has 1 aliphatic heterocycles. The number of aryl methyl sites for hydroxylation is 1. The van der Waals surface area contributed by atoms with Gasteiger partial charge in [0.25, 0.3) is 0 Å². The lowest BCUT2D eigenvalue weighted by atomic mass is 9.87. The Morgan fingerprint density at radius 1 is 1.07 bits per heavy atom. The van der Waals surface area contributed by atoms with E-state index in [9.17, 15) is 9.59 Å². The van der Waals surface area contributed by atoms with Crippen LogP contribution in [0.3, 0.4) is 0 Å². The van der Waals surface area contributed by atoms with Crippen molar-refractivity contribution >= 4 is 11.8 Å². The highest BCUT2D eigenvalue weighted by Gasteiger charge is 2.33. The van der Waals surface area contributed by atoms with Crippen LogP contribution in [0.25, 0.3) is 0 Å². The maximum Gasteiger partial charge on any atom is 0.227 e. The SMILES string of the molecule is CCc1ccc(CN(C)C(=O)[C@@H]2CCC(=O)N(CC3CCCCC3)C2)cc1. The van der Waals surface area contributed by atoms with Gasteiger partial charge >= 0.3 is 0 Å². The second-order valence-corrected chi connectivity index (χ2v) is 8.40. The molecule has 1 aromatic carbocycles. The molecule has 1 saturated carbocycles. The minimum atomic E-state index is -0.0498. The van der Waals surface area contributed by atoms with Gasteiger partial charge in [-0.1, -0.05) is 50.5 Å². The molecule has 2 fully saturated rings. The average molecular weight is 371 g/mol. The highest BCUT2D eigenvalue weighted by atomic mass is 16.2. The Morgan fingerprint density at radius 2 is 1.74 bits per heavy atom. The van der Waals surface area contributed by atoms with E-state index < -0.39 is 0 Å². The third kappa shape index (κ3) is 5.33. The van der Waals surface area contributed by atoms with Crippen LogP contribution >= 0.6 is 0 Å². The van der Waals surface area contributed by atoms with E-state index in [0.717, 1.165) is 18.5 Å². The number of benzene rings is 1. The van der Waals surface area contributed by atoms with E-state index in [2.05, 4.69) is 31.2 Å². The lowest BCUT2D eigenvalue weighted by Crippen LogP contribution is -2.47. The second-order valence-electron chi connectivity index (χ2n) is 8.40. The van der Waals surface area contributed by atoms with Crippen molar-refractivity contribution in [1.82, 2.24) is 9.80 Å². The van der Waals surface area contributed by atoms with Gasteiger partial charge in [-0.05, 0) is 42.7 Å². The van der Waals surface area contributed by atoms with E-state index in [4.69, 9.17) is 0 Å². The van der Waals surface area contributed by atoms with Crippen LogP contribution in [-0.2, 0) is 22.6 Å². The number of hydrogen-bond donors (Lipinski definition) is 0. The fourth-order valence-corrected chi connectivity index (χ4v) is 4.52. The van der Waals surface area contributed by atoms with Crippen LogP contribution in [0.1, 0.15) is 63.0 Å². The normalized spacial score (nSPS) is 21.3. The van der Waals surface area contributed by atoms with Gasteiger partial charge < -0.3 is 9.80 Å². The van der Waals surface area contributed by atoms with E-state index in [1.165, 1.54) is 37.7 Å². The predicted molar refractivity (Wildman–Crippen MR) is 108 cm³/mol. The Kier molecular flexibility index (Phi) is 6.92. The van der Waals surface area contributed by atoms with Crippen molar-refractivity contribution in [3.8, 4) is 0 Å². The van der Waals surface area contributed by atoms with Crippen LogP contribution < -0.4 is 0 Å². The predicted octanol–water partition coefficient (Wildman–Crippen LogP) is 4.03. The number of likely N-dealkylation sites (tertiary alicyclic amines) is 1. The van der Waals surface area contributed by atoms with Gasteiger partial charge in [-0.2, -0.15) is 0 Å². The molecule has 3 rings (SSSR count). The Bertz CT molecular complexity index is 634. The molecule has 2 amide bonds. The summed E-state index contributed by atoms with van der Waals surface area (Å²) in [5, 5.41) is 0. The monoisotopic (exact) mass is 370 g/mol. The van der Waals surface area contributed by atoms with Crippen LogP contribution in [0.15, 0.2) is 24.3 Å². The minimum Gasteiger partial charge on any atom is -0.342 e. The number of nitrogens with zero attached hydrogens (tertiary/aromatic N) is 2. The summed E-state index contributed by atoms with van der Waals surface area (Å²) in [6, 6.07) is 8.50. The van der Waals surface area contributed by atoms with E-state index in [1.54, 1.807) is 0 Å². The van der Waals surface area contributed by atoms with E-state index in [0.29, 0.717) is 31.8 Å². The van der Waals surface area contributed by atoms with Crippen LogP contribution in [0.2, 0.25) is 0 Å². The lowest BCUT2D eigenvalue weighted by Gasteiger charge is -2.36. The molecule has 27 heavy (non-hydrogen) atoms. The summed E-state index contributed by atoms with van der Waals surface area (Å²) >= 11 is 0. The van der Waals surface area contributed by atoms with Crippen molar-refractivity contribution in [1.29, 1.82) is 0 Å². The molecule has 1 saturated heterocycles. The van der Waals surface area contributed by atoms with Crippen molar-refractivity contribution < 1.29 is 9.59 Å². The molecule has 0 unspecified atom stereocenters. The topological polar surface area (TPSA) is 40.6 Å². The summed E-state index contributed by atoms with van der Waals surface area (Å²) in [5.41, 5.74) is 2.48. The third-order valence-corrected chi connectivity index (χ3v) is 6.28. The zero-order valence-corrected chi connectivity index (χ0v) is 17.0. The molecule has 4 heteroatoms. The molecule has 0 N–H and O–H groups in total. The average Bonchev–Trinajstić information content (AvgIpc) is 2.70. The minimum absolute atomic E-state index is 0.0498. The largest absolute Gasteiger partial charge is 0.342 e. The van der Waals surface area contributed by atoms with E-state index >= 15 is 0 Å². The Hall–Kier alpha value is -1.84. The van der Waals surface area contributed by atoms with Crippen molar-refractivity contribution in [3.63, 3.8) is 0 Å². The number of carbonyl (C=O) groups excluding carboxylic acids is 2. The van der Waals surface area contributed by atoms with Crippen LogP contribution in [-0.4, -0.2) is 41.8 Å². The fourth-order valence-electron chi connectivity index (χ4n) is 4.52. The van der Waals surface area contributed by atoms with Gasteiger partial charge in [-0.3, -0.25) is 9.59 Å². The smallest absolute Gasteiger partial charge is 0.227 e. The lowest BCUT2D eigenvalue weighted by molar-refractivity contribution is -0.143. The van der Waals surface area contributed by atoms with Gasteiger partial charge in [0.05, 0.1) is 5.92 Å². The fraction of sp³-hybridized carbons (Fsp3) is 0.652. The number of carbonyl (C=O) groups is 2. The first-order valence-corrected chi connectivity index (χ1v) is 10.7. The maximum atomic E-state index is 13.0. The first kappa shape index (κ1) is 19.9. The first-order valence-electron chi connectivity index (χ1n) is 10.7. The van der Waals surface area contributed by atoms with Gasteiger partial charge in [-0.25, -0.2) is 0 Å². The molecule has 0 bridgehead atoms. The van der Waals surface area contributed by atoms with Gasteiger partial charge in [0, 0.05) is 33.1 Å². The van der Waals surface area contributed by atoms with Crippen LogP contribution in [0.5, 0.6) is 0 Å². The molecule has 1 heterocycles. The Morgan fingerprint density at radius 3 is 2.41 bits per heavy atom. The molecule has 1 aliphatic carbocycles. The summed E-state index contributed by atoms with van der Waals surface area (Å²) in [4.78, 5) is 29.1. The number of amides is 2. The second kappa shape index (κ2) is 9.38. The van der Waals surface area contributed by atoms with Gasteiger partial charge in [0.2, 0.25) is 11.8 Å². The summed E-state index contributed by atoms with van der Waals surface area (Å²) in [7, 11) is 1.89. The Balaban J connectivity index is 1.55. The summed E-state index contributed by atoms with van der Waals surface area (Å²) in [5.74, 6) is 0.996. The molecule has 1 aromatic rings. The van der Waals surface area contributed by atoms with Crippen molar-refractivity contribution in [2.24, 2.45) is 11.8 Å². The Labute approximate surface area is 163 Å². The molecule has 148 valence electrons. The van der Waals surface area contributed by atoms with E-state index in [1.807, 2.05) is 16.8 Å². The first-order chi connectivity index (χ1) is 13.1. The molecule has 0 aromatic heterocycles. The highest BCUT2D eigenvalue weighted by molar-refractivity contribution is 5.83. The molecular formula is C23H34N2O2. The van der Waals surface area contributed by atoms with Crippen LogP contribution in [0.4, 0.5) is 0 Å². The maximum absolute atomic E-state index is 13.0. The van der Waals surface area contributed by atoms with Gasteiger partial charge in [-0.15, -0.1) is 0 Å². The summed E-state index contributed by atoms with van der Waals surface area (Å²) in [6.45, 7) is 4.24. The van der Waals surface area contributed by atoms with Crippen molar-refractivity contribution in [2.75, 3.05) is 20.1 Å². The van der Waals surface area contributed by atoms with Gasteiger partial charge in [0.15, 0.2) is 0 Å². The molecule has 2 aliphatic rings. The standard InChI is InChI=1S/C23H34N2O2/c1-3-18-9-11-20(12-10-18)15-24(2)23(27)21-13-14-22(26)25(17-21)16-19-7-5-4-6-8-19/h9-12,19,21H,3-8,13-17H2,1-2H3/t21-/m1/s1. The zero-order chi connectivity index (χ0) is 19.2. The summed E-state index contributed by atoms with van der Waals surface area (Å²) < 4.78 is 0. The number of piperidine rings is 1. The van der Waals surface area contributed by atoms with Gasteiger partial charge in [0.1, 0.15) is 0 Å². The molecule has 1 atom stereocenters. The van der Waals surface area contributed by atoms with E-state index in [-0.39, 0.29) is 17.7 Å². The third-order valence-electron chi connectivity index (χ3n) is 6.28.